The second-order valence-electron chi connectivity index (χ2n) is 21.6. The van der Waals surface area contributed by atoms with E-state index in [2.05, 4.69) is 321 Å². The van der Waals surface area contributed by atoms with Gasteiger partial charge in [-0.3, -0.25) is 0 Å². The molecule has 2 aliphatic carbocycles. The predicted molar refractivity (Wildman–Crippen MR) is 333 cm³/mol. The summed E-state index contributed by atoms with van der Waals surface area (Å²) < 4.78 is 0. The average Bonchev–Trinajstić information content (AvgIpc) is 4.11. The van der Waals surface area contributed by atoms with Gasteiger partial charge in [-0.15, -0.1) is 0 Å². The maximum Gasteiger partial charge on any atom is 0.0714 e. The van der Waals surface area contributed by atoms with Crippen molar-refractivity contribution in [3.63, 3.8) is 0 Å². The number of hydrogen-bond donors (Lipinski definition) is 0. The normalized spacial score (nSPS) is 15.4. The Hall–Kier alpha value is -9.30. The van der Waals surface area contributed by atoms with Gasteiger partial charge in [0.05, 0.1) is 11.5 Å². The zero-order valence-electron chi connectivity index (χ0n) is 44.7. The molecule has 79 heavy (non-hydrogen) atoms. The molecule has 380 valence electrons. The van der Waals surface area contributed by atoms with E-state index >= 15 is 0 Å². The minimum absolute atomic E-state index is 0.0667. The van der Waals surface area contributed by atoms with Crippen LogP contribution in [0.1, 0.15) is 63.8 Å². The molecule has 0 heterocycles. The van der Waals surface area contributed by atoms with Crippen molar-refractivity contribution in [1.82, 2.24) is 0 Å². The van der Waals surface area contributed by atoms with Crippen LogP contribution in [0.4, 0.5) is 11.4 Å². The van der Waals surface area contributed by atoms with Gasteiger partial charge in [0.25, 0.3) is 0 Å². The summed E-state index contributed by atoms with van der Waals surface area (Å²) in [6.07, 6.45) is 10.1. The number of aryl methyl sites for hydroxylation is 1. The second kappa shape index (κ2) is 22.0. The molecule has 3 atom stereocenters. The lowest BCUT2D eigenvalue weighted by Crippen LogP contribution is -2.36. The van der Waals surface area contributed by atoms with E-state index in [-0.39, 0.29) is 12.0 Å². The quantitative estimate of drug-likeness (QED) is 0.0989. The Balaban J connectivity index is 0.891. The molecule has 0 bridgehead atoms. The molecule has 0 amide bonds. The fraction of sp³-hybridized carbons (Fsp3) is 0.103. The molecule has 0 radical (unpaired) electrons. The average molecular weight is 1010 g/mol. The molecule has 2 aliphatic rings. The molecular weight excluding hydrogens is 951 g/mol. The molecule has 1 heteroatoms. The van der Waals surface area contributed by atoms with Gasteiger partial charge in [0.1, 0.15) is 0 Å². The SMILES string of the molecule is CC1C=C(c2ccccc2)C=CC1N(c1ccc(-c2ccccc2)cc1)c1cccc(C2(c3cccc(CCC(Cc4ccc(-c5ccccc5)cc4)c4ccc(-c5ccccc5)cc4)c3)c3ccccc3-c3ccccc32)c1. The molecule has 0 aliphatic heterocycles. The molecule has 11 aromatic carbocycles. The van der Waals surface area contributed by atoms with Crippen molar-refractivity contribution in [2.24, 2.45) is 5.92 Å². The van der Waals surface area contributed by atoms with Crippen molar-refractivity contribution in [3.05, 3.63) is 354 Å². The standard InChI is InChI=1S/C78H63N/c1-56-52-67(62-27-12-5-13-28-62)48-51-77(56)79(71-49-46-65(47-50-71)61-25-10-4-11-26-61)72-31-19-30-70(55-72)78(75-34-16-14-32-73(75)74-33-15-17-35-76(74)78)69-29-18-20-57(54-69)38-41-68(66-44-42-64(43-45-66)60-23-8-3-9-24-60)53-58-36-39-63(40-37-58)59-21-6-2-7-22-59/h2-37,39-40,42-52,54-56,68,77H,38,41,53H2,1H3. The summed E-state index contributed by atoms with van der Waals surface area (Å²) >= 11 is 0. The summed E-state index contributed by atoms with van der Waals surface area (Å²) in [4.78, 5) is 2.58. The topological polar surface area (TPSA) is 3.24 Å². The van der Waals surface area contributed by atoms with E-state index in [1.807, 2.05) is 0 Å². The van der Waals surface area contributed by atoms with E-state index in [0.717, 1.165) is 24.9 Å². The molecule has 0 fully saturated rings. The summed E-state index contributed by atoms with van der Waals surface area (Å²) in [6.45, 7) is 2.37. The van der Waals surface area contributed by atoms with Crippen LogP contribution in [0, 0.1) is 5.92 Å². The first kappa shape index (κ1) is 49.3. The van der Waals surface area contributed by atoms with Crippen molar-refractivity contribution in [2.45, 2.75) is 43.6 Å². The van der Waals surface area contributed by atoms with E-state index in [4.69, 9.17) is 0 Å². The summed E-state index contributed by atoms with van der Waals surface area (Å²) in [7, 11) is 0. The van der Waals surface area contributed by atoms with Gasteiger partial charge in [0.2, 0.25) is 0 Å². The molecule has 0 saturated heterocycles. The molecule has 0 saturated carbocycles. The number of benzene rings is 11. The molecular formula is C78H63N. The third-order valence-electron chi connectivity index (χ3n) is 16.8. The van der Waals surface area contributed by atoms with Crippen LogP contribution in [0.2, 0.25) is 0 Å². The Bertz CT molecular complexity index is 3870. The predicted octanol–water partition coefficient (Wildman–Crippen LogP) is 19.8. The Labute approximate surface area is 467 Å². The van der Waals surface area contributed by atoms with Crippen LogP contribution in [-0.2, 0) is 18.3 Å². The fourth-order valence-electron chi connectivity index (χ4n) is 12.8. The lowest BCUT2D eigenvalue weighted by Gasteiger charge is -2.39. The Kier molecular flexibility index (Phi) is 13.7. The van der Waals surface area contributed by atoms with Crippen molar-refractivity contribution in [3.8, 4) is 44.5 Å². The van der Waals surface area contributed by atoms with Gasteiger partial charge >= 0.3 is 0 Å². The minimum atomic E-state index is -0.580. The van der Waals surface area contributed by atoms with E-state index < -0.39 is 5.41 Å². The molecule has 1 nitrogen and oxygen atoms in total. The first-order valence-corrected chi connectivity index (χ1v) is 28.2. The summed E-state index contributed by atoms with van der Waals surface area (Å²) in [5.41, 5.74) is 23.5. The largest absolute Gasteiger partial charge is 0.334 e. The smallest absolute Gasteiger partial charge is 0.0714 e. The Morgan fingerprint density at radius 1 is 0.392 bits per heavy atom. The molecule has 13 rings (SSSR count). The highest BCUT2D eigenvalue weighted by atomic mass is 15.2. The van der Waals surface area contributed by atoms with Crippen molar-refractivity contribution < 1.29 is 0 Å². The number of fused-ring (bicyclic) bond motifs is 3. The molecule has 11 aromatic rings. The lowest BCUT2D eigenvalue weighted by molar-refractivity contribution is 0.611. The maximum atomic E-state index is 2.58. The Morgan fingerprint density at radius 3 is 1.42 bits per heavy atom. The van der Waals surface area contributed by atoms with Crippen molar-refractivity contribution >= 4 is 16.9 Å². The van der Waals surface area contributed by atoms with Gasteiger partial charge in [-0.2, -0.15) is 0 Å². The lowest BCUT2D eigenvalue weighted by atomic mass is 9.67. The van der Waals surface area contributed by atoms with Crippen LogP contribution in [0.25, 0.3) is 50.1 Å². The van der Waals surface area contributed by atoms with Crippen molar-refractivity contribution in [1.29, 1.82) is 0 Å². The van der Waals surface area contributed by atoms with Gasteiger partial charge in [0, 0.05) is 11.4 Å². The number of rotatable bonds is 15. The summed E-state index contributed by atoms with van der Waals surface area (Å²) in [5, 5.41) is 0. The van der Waals surface area contributed by atoms with Crippen LogP contribution in [0.5, 0.6) is 0 Å². The zero-order chi connectivity index (χ0) is 53.0. The molecule has 0 N–H and O–H groups in total. The zero-order valence-corrected chi connectivity index (χ0v) is 44.7. The molecule has 0 spiro atoms. The van der Waals surface area contributed by atoms with Crippen LogP contribution in [-0.4, -0.2) is 6.04 Å². The second-order valence-corrected chi connectivity index (χ2v) is 21.6. The van der Waals surface area contributed by atoms with Gasteiger partial charge in [-0.05, 0) is 150 Å². The van der Waals surface area contributed by atoms with E-state index in [9.17, 15) is 0 Å². The van der Waals surface area contributed by atoms with Gasteiger partial charge < -0.3 is 4.90 Å². The van der Waals surface area contributed by atoms with E-state index in [0.29, 0.717) is 5.92 Å². The highest BCUT2D eigenvalue weighted by Gasteiger charge is 2.46. The number of nitrogens with zero attached hydrogens (tertiary/aromatic N) is 1. The minimum Gasteiger partial charge on any atom is -0.334 e. The fourth-order valence-corrected chi connectivity index (χ4v) is 12.8. The summed E-state index contributed by atoms with van der Waals surface area (Å²) in [6, 6.07) is 108. The van der Waals surface area contributed by atoms with Crippen LogP contribution in [0.15, 0.2) is 309 Å². The summed E-state index contributed by atoms with van der Waals surface area (Å²) in [5.74, 6) is 0.535. The van der Waals surface area contributed by atoms with Gasteiger partial charge in [0.15, 0.2) is 0 Å². The van der Waals surface area contributed by atoms with Crippen molar-refractivity contribution in [2.75, 3.05) is 4.90 Å². The molecule has 3 unspecified atom stereocenters. The number of allylic oxidation sites excluding steroid dienone is 2. The Morgan fingerprint density at radius 2 is 0.861 bits per heavy atom. The van der Waals surface area contributed by atoms with Crippen LogP contribution >= 0.6 is 0 Å². The third-order valence-corrected chi connectivity index (χ3v) is 16.8. The van der Waals surface area contributed by atoms with Crippen LogP contribution in [0.3, 0.4) is 0 Å². The van der Waals surface area contributed by atoms with Gasteiger partial charge in [-0.25, -0.2) is 0 Å². The monoisotopic (exact) mass is 1010 g/mol. The highest BCUT2D eigenvalue weighted by Crippen LogP contribution is 2.57. The molecule has 0 aromatic heterocycles. The maximum absolute atomic E-state index is 2.58. The first-order chi connectivity index (χ1) is 39.1. The highest BCUT2D eigenvalue weighted by molar-refractivity contribution is 5.87. The van der Waals surface area contributed by atoms with Crippen LogP contribution < -0.4 is 4.90 Å². The third kappa shape index (κ3) is 9.79. The van der Waals surface area contributed by atoms with E-state index in [1.165, 1.54) is 100 Å². The first-order valence-electron chi connectivity index (χ1n) is 28.2. The van der Waals surface area contributed by atoms with Gasteiger partial charge in [-0.1, -0.05) is 292 Å². The number of hydrogen-bond acceptors (Lipinski definition) is 1. The van der Waals surface area contributed by atoms with E-state index in [1.54, 1.807) is 0 Å². The number of anilines is 2.